The van der Waals surface area contributed by atoms with Crippen LogP contribution in [0.25, 0.3) is 0 Å². The summed E-state index contributed by atoms with van der Waals surface area (Å²) in [5.74, 6) is -1.88. The molecule has 3 rings (SSSR count). The van der Waals surface area contributed by atoms with Gasteiger partial charge in [-0.2, -0.15) is 0 Å². The van der Waals surface area contributed by atoms with Crippen LogP contribution in [0.5, 0.6) is 0 Å². The van der Waals surface area contributed by atoms with Gasteiger partial charge in [-0.05, 0) is 37.3 Å². The van der Waals surface area contributed by atoms with Crippen LogP contribution in [0.3, 0.4) is 0 Å². The third-order valence-electron chi connectivity index (χ3n) is 3.76. The number of halogens is 2. The molecule has 1 N–H and O–H groups in total. The molecule has 106 valence electrons. The lowest BCUT2D eigenvalue weighted by molar-refractivity contribution is -0.131. The van der Waals surface area contributed by atoms with Crippen molar-refractivity contribution in [2.75, 3.05) is 11.4 Å². The van der Waals surface area contributed by atoms with Crippen LogP contribution < -0.4 is 10.2 Å². The summed E-state index contributed by atoms with van der Waals surface area (Å²) in [6, 6.07) is 1.40. The Morgan fingerprint density at radius 1 is 1.20 bits per heavy atom. The number of carbonyl (C=O) groups excluding carboxylic acids is 2. The third-order valence-corrected chi connectivity index (χ3v) is 3.76. The molecule has 4 nitrogen and oxygen atoms in total. The van der Waals surface area contributed by atoms with E-state index in [0.717, 1.165) is 29.9 Å². The van der Waals surface area contributed by atoms with Gasteiger partial charge < -0.3 is 5.32 Å². The van der Waals surface area contributed by atoms with Gasteiger partial charge in [0, 0.05) is 6.07 Å². The summed E-state index contributed by atoms with van der Waals surface area (Å²) in [6.45, 7) is 1.17. The van der Waals surface area contributed by atoms with Crippen molar-refractivity contribution in [3.8, 4) is 0 Å². The Balaban J connectivity index is 1.97. The number of amides is 2. The first-order valence-electron chi connectivity index (χ1n) is 6.54. The van der Waals surface area contributed by atoms with Crippen molar-refractivity contribution in [3.05, 3.63) is 29.3 Å². The predicted molar refractivity (Wildman–Crippen MR) is 68.1 cm³/mol. The predicted octanol–water partition coefficient (Wildman–Crippen LogP) is 1.51. The summed E-state index contributed by atoms with van der Waals surface area (Å²) in [7, 11) is 0. The molecule has 20 heavy (non-hydrogen) atoms. The first-order chi connectivity index (χ1) is 9.47. The van der Waals surface area contributed by atoms with E-state index in [9.17, 15) is 18.4 Å². The summed E-state index contributed by atoms with van der Waals surface area (Å²) >= 11 is 0. The van der Waals surface area contributed by atoms with Gasteiger partial charge in [-0.25, -0.2) is 8.78 Å². The highest BCUT2D eigenvalue weighted by Crippen LogP contribution is 2.35. The van der Waals surface area contributed by atoms with Gasteiger partial charge in [0.25, 0.3) is 0 Å². The molecule has 1 atom stereocenters. The number of hydrogen-bond donors (Lipinski definition) is 1. The van der Waals surface area contributed by atoms with Crippen LogP contribution in [0.15, 0.2) is 12.1 Å². The number of nitrogens with zero attached hydrogens (tertiary/aromatic N) is 1. The molecule has 1 aliphatic heterocycles. The van der Waals surface area contributed by atoms with Crippen molar-refractivity contribution in [2.45, 2.75) is 25.8 Å². The van der Waals surface area contributed by atoms with E-state index >= 15 is 0 Å². The highest BCUT2D eigenvalue weighted by Gasteiger charge is 2.43. The first-order valence-corrected chi connectivity index (χ1v) is 6.54. The van der Waals surface area contributed by atoms with Crippen LogP contribution in [-0.4, -0.2) is 24.4 Å². The molecule has 1 saturated carbocycles. The number of nitrogens with one attached hydrogen (secondary N) is 1. The van der Waals surface area contributed by atoms with E-state index in [1.165, 1.54) is 6.92 Å². The van der Waals surface area contributed by atoms with Crippen LogP contribution in [0.1, 0.15) is 18.4 Å². The molecule has 0 spiro atoms. The van der Waals surface area contributed by atoms with Gasteiger partial charge in [-0.1, -0.05) is 0 Å². The van der Waals surface area contributed by atoms with Gasteiger partial charge in [0.05, 0.1) is 5.69 Å². The smallest absolute Gasteiger partial charge is 0.250 e. The van der Waals surface area contributed by atoms with Crippen LogP contribution >= 0.6 is 0 Å². The second kappa shape index (κ2) is 4.54. The maximum Gasteiger partial charge on any atom is 0.250 e. The minimum atomic E-state index is -0.693. The van der Waals surface area contributed by atoms with Crippen molar-refractivity contribution < 1.29 is 18.4 Å². The third kappa shape index (κ3) is 2.15. The number of piperazine rings is 1. The second-order valence-electron chi connectivity index (χ2n) is 5.36. The van der Waals surface area contributed by atoms with Crippen molar-refractivity contribution in [1.29, 1.82) is 0 Å². The fourth-order valence-corrected chi connectivity index (χ4v) is 2.47. The topological polar surface area (TPSA) is 49.4 Å². The van der Waals surface area contributed by atoms with E-state index in [1.54, 1.807) is 0 Å². The van der Waals surface area contributed by atoms with Gasteiger partial charge >= 0.3 is 0 Å². The average Bonchev–Trinajstić information content (AvgIpc) is 3.21. The van der Waals surface area contributed by atoms with E-state index in [-0.39, 0.29) is 35.5 Å². The minimum absolute atomic E-state index is 0.118. The Morgan fingerprint density at radius 2 is 1.90 bits per heavy atom. The standard InChI is InChI=1S/C14H14F2N2O2/c1-7-4-10(16)11(5-9(7)15)18-6-12(19)17-13(14(18)20)8-2-3-8/h4-5,8,13H,2-3,6H2,1H3,(H,17,19). The lowest BCUT2D eigenvalue weighted by atomic mass is 10.1. The summed E-state index contributed by atoms with van der Waals surface area (Å²) in [5.41, 5.74) is -0.00231. The van der Waals surface area contributed by atoms with Gasteiger partial charge in [0.2, 0.25) is 11.8 Å². The fourth-order valence-electron chi connectivity index (χ4n) is 2.47. The Hall–Kier alpha value is -1.98. The quantitative estimate of drug-likeness (QED) is 0.893. The zero-order chi connectivity index (χ0) is 14.4. The zero-order valence-corrected chi connectivity index (χ0v) is 11.0. The van der Waals surface area contributed by atoms with Gasteiger partial charge in [-0.15, -0.1) is 0 Å². The highest BCUT2D eigenvalue weighted by atomic mass is 19.1. The van der Waals surface area contributed by atoms with Crippen molar-refractivity contribution in [1.82, 2.24) is 5.32 Å². The summed E-state index contributed by atoms with van der Waals surface area (Å²) in [6.07, 6.45) is 1.74. The maximum absolute atomic E-state index is 14.0. The number of benzene rings is 1. The van der Waals surface area contributed by atoms with E-state index in [0.29, 0.717) is 0 Å². The number of carbonyl (C=O) groups is 2. The molecule has 1 heterocycles. The largest absolute Gasteiger partial charge is 0.342 e. The van der Waals surface area contributed by atoms with Crippen molar-refractivity contribution in [2.24, 2.45) is 5.92 Å². The molecule has 0 bridgehead atoms. The lowest BCUT2D eigenvalue weighted by Gasteiger charge is -2.32. The molecular formula is C14H14F2N2O2. The SMILES string of the molecule is Cc1cc(F)c(N2CC(=O)NC(C3CC3)C2=O)cc1F. The Kier molecular flexibility index (Phi) is 2.96. The first kappa shape index (κ1) is 13.0. The van der Waals surface area contributed by atoms with E-state index < -0.39 is 17.7 Å². The van der Waals surface area contributed by atoms with Crippen LogP contribution in [0.4, 0.5) is 14.5 Å². The number of hydrogen-bond acceptors (Lipinski definition) is 2. The van der Waals surface area contributed by atoms with Crippen LogP contribution in [-0.2, 0) is 9.59 Å². The number of aryl methyl sites for hydroxylation is 1. The normalized spacial score (nSPS) is 22.9. The molecular weight excluding hydrogens is 266 g/mol. The van der Waals surface area contributed by atoms with Crippen molar-refractivity contribution in [3.63, 3.8) is 0 Å². The van der Waals surface area contributed by atoms with Crippen molar-refractivity contribution >= 4 is 17.5 Å². The molecule has 1 unspecified atom stereocenters. The van der Waals surface area contributed by atoms with Crippen LogP contribution in [0, 0.1) is 24.5 Å². The molecule has 6 heteroatoms. The summed E-state index contributed by atoms with van der Waals surface area (Å²) in [4.78, 5) is 25.0. The van der Waals surface area contributed by atoms with Gasteiger partial charge in [0.1, 0.15) is 24.2 Å². The molecule has 1 aromatic rings. The molecule has 2 amide bonds. The molecule has 0 aromatic heterocycles. The number of rotatable bonds is 2. The van der Waals surface area contributed by atoms with E-state index in [1.807, 2.05) is 0 Å². The molecule has 2 fully saturated rings. The lowest BCUT2D eigenvalue weighted by Crippen LogP contribution is -2.59. The van der Waals surface area contributed by atoms with Crippen LogP contribution in [0.2, 0.25) is 0 Å². The van der Waals surface area contributed by atoms with E-state index in [2.05, 4.69) is 5.32 Å². The molecule has 1 saturated heterocycles. The fraction of sp³-hybridized carbons (Fsp3) is 0.429. The monoisotopic (exact) mass is 280 g/mol. The Morgan fingerprint density at radius 3 is 2.55 bits per heavy atom. The average molecular weight is 280 g/mol. The summed E-state index contributed by atoms with van der Waals surface area (Å²) < 4.78 is 27.6. The maximum atomic E-state index is 14.0. The second-order valence-corrected chi connectivity index (χ2v) is 5.36. The molecule has 1 aliphatic carbocycles. The molecule has 2 aliphatic rings. The van der Waals surface area contributed by atoms with Gasteiger partial charge in [-0.3, -0.25) is 14.5 Å². The van der Waals surface area contributed by atoms with E-state index in [4.69, 9.17) is 0 Å². The number of anilines is 1. The highest BCUT2D eigenvalue weighted by molar-refractivity contribution is 6.06. The molecule has 0 radical (unpaired) electrons. The zero-order valence-electron chi connectivity index (χ0n) is 11.0. The Bertz CT molecular complexity index is 599. The van der Waals surface area contributed by atoms with Gasteiger partial charge in [0.15, 0.2) is 0 Å². The minimum Gasteiger partial charge on any atom is -0.342 e. The molecule has 1 aromatic carbocycles. The Labute approximate surface area is 114 Å². The summed E-state index contributed by atoms with van der Waals surface area (Å²) in [5, 5.41) is 2.63.